The van der Waals surface area contributed by atoms with E-state index in [4.69, 9.17) is 4.74 Å². The number of fused-ring (bicyclic) bond motifs is 2. The predicted molar refractivity (Wildman–Crippen MR) is 76.1 cm³/mol. The Kier molecular flexibility index (Phi) is 4.61. The van der Waals surface area contributed by atoms with E-state index in [0.29, 0.717) is 25.5 Å². The molecule has 3 rings (SSSR count). The summed E-state index contributed by atoms with van der Waals surface area (Å²) in [5.41, 5.74) is 0. The number of nitrogens with one attached hydrogen (secondary N) is 1. The molecular weight excluding hydrogens is 254 g/mol. The molecule has 0 spiro atoms. The molecule has 1 amide bonds. The number of carbonyl (C=O) groups excluding carboxylic acids is 1. The first-order chi connectivity index (χ1) is 9.70. The number of ether oxygens (including phenoxy) is 1. The molecule has 0 radical (unpaired) electrons. The van der Waals surface area contributed by atoms with E-state index < -0.39 is 6.10 Å². The summed E-state index contributed by atoms with van der Waals surface area (Å²) in [6.45, 7) is 1.42. The fourth-order valence-electron chi connectivity index (χ4n) is 3.88. The van der Waals surface area contributed by atoms with Crippen molar-refractivity contribution in [3.8, 4) is 0 Å². The van der Waals surface area contributed by atoms with Gasteiger partial charge < -0.3 is 15.2 Å². The van der Waals surface area contributed by atoms with Gasteiger partial charge in [-0.3, -0.25) is 4.79 Å². The van der Waals surface area contributed by atoms with Crippen LogP contribution in [0.5, 0.6) is 0 Å². The van der Waals surface area contributed by atoms with Crippen molar-refractivity contribution in [3.63, 3.8) is 0 Å². The zero-order valence-electron chi connectivity index (χ0n) is 12.2. The summed E-state index contributed by atoms with van der Waals surface area (Å²) in [5, 5.41) is 12.6. The van der Waals surface area contributed by atoms with Gasteiger partial charge in [0.2, 0.25) is 5.91 Å². The average molecular weight is 281 g/mol. The summed E-state index contributed by atoms with van der Waals surface area (Å²) in [6.07, 6.45) is 7.88. The Morgan fingerprint density at radius 3 is 2.75 bits per heavy atom. The molecule has 0 aromatic carbocycles. The molecule has 3 aliphatic rings. The van der Waals surface area contributed by atoms with E-state index in [2.05, 4.69) is 5.32 Å². The standard InChI is InChI=1S/C16H27NO3/c18-15(10-20-9-11-1-2-11)8-17-16(19)7-14-6-12-3-4-13(14)5-12/h11-15,18H,1-10H2,(H,17,19)/t12-,13-,14+,15+/m0/s1. The van der Waals surface area contributed by atoms with Crippen LogP contribution in [0.1, 0.15) is 44.9 Å². The Morgan fingerprint density at radius 1 is 1.25 bits per heavy atom. The molecule has 0 aliphatic heterocycles. The summed E-state index contributed by atoms with van der Waals surface area (Å²) in [7, 11) is 0. The fraction of sp³-hybridized carbons (Fsp3) is 0.938. The molecule has 0 heterocycles. The van der Waals surface area contributed by atoms with Gasteiger partial charge in [-0.1, -0.05) is 6.42 Å². The lowest BCUT2D eigenvalue weighted by atomic mass is 9.86. The Bertz CT molecular complexity index is 343. The van der Waals surface area contributed by atoms with Gasteiger partial charge in [-0.25, -0.2) is 0 Å². The quantitative estimate of drug-likeness (QED) is 0.712. The zero-order chi connectivity index (χ0) is 13.9. The van der Waals surface area contributed by atoms with Gasteiger partial charge in [0, 0.05) is 19.6 Å². The second-order valence-electron chi connectivity index (χ2n) is 7.08. The molecule has 3 saturated carbocycles. The van der Waals surface area contributed by atoms with Crippen molar-refractivity contribution in [2.75, 3.05) is 19.8 Å². The third-order valence-electron chi connectivity index (χ3n) is 5.23. The first kappa shape index (κ1) is 14.3. The maximum atomic E-state index is 11.9. The Labute approximate surface area is 121 Å². The fourth-order valence-corrected chi connectivity index (χ4v) is 3.88. The van der Waals surface area contributed by atoms with E-state index in [9.17, 15) is 9.90 Å². The van der Waals surface area contributed by atoms with Gasteiger partial charge in [-0.2, -0.15) is 0 Å². The van der Waals surface area contributed by atoms with Crippen LogP contribution in [-0.4, -0.2) is 36.9 Å². The number of carbonyl (C=O) groups is 1. The van der Waals surface area contributed by atoms with Gasteiger partial charge in [-0.05, 0) is 55.8 Å². The lowest BCUT2D eigenvalue weighted by Gasteiger charge is -2.21. The van der Waals surface area contributed by atoms with Crippen LogP contribution in [0.3, 0.4) is 0 Å². The third kappa shape index (κ3) is 3.95. The summed E-state index contributed by atoms with van der Waals surface area (Å²) >= 11 is 0. The molecule has 20 heavy (non-hydrogen) atoms. The number of aliphatic hydroxyl groups is 1. The van der Waals surface area contributed by atoms with Crippen LogP contribution >= 0.6 is 0 Å². The normalized spacial score (nSPS) is 33.4. The van der Waals surface area contributed by atoms with Gasteiger partial charge in [-0.15, -0.1) is 0 Å². The number of rotatable bonds is 8. The van der Waals surface area contributed by atoms with Crippen molar-refractivity contribution in [1.82, 2.24) is 5.32 Å². The molecule has 3 aliphatic carbocycles. The van der Waals surface area contributed by atoms with Crippen LogP contribution in [0.25, 0.3) is 0 Å². The highest BCUT2D eigenvalue weighted by molar-refractivity contribution is 5.76. The predicted octanol–water partition coefficient (Wildman–Crippen LogP) is 1.72. The minimum Gasteiger partial charge on any atom is -0.389 e. The first-order valence-electron chi connectivity index (χ1n) is 8.23. The van der Waals surface area contributed by atoms with Gasteiger partial charge in [0.15, 0.2) is 0 Å². The highest BCUT2D eigenvalue weighted by atomic mass is 16.5. The Morgan fingerprint density at radius 2 is 2.10 bits per heavy atom. The van der Waals surface area contributed by atoms with Crippen LogP contribution in [0.15, 0.2) is 0 Å². The minimum atomic E-state index is -0.572. The van der Waals surface area contributed by atoms with Crippen LogP contribution < -0.4 is 5.32 Å². The van der Waals surface area contributed by atoms with E-state index in [-0.39, 0.29) is 5.91 Å². The number of hydrogen-bond donors (Lipinski definition) is 2. The lowest BCUT2D eigenvalue weighted by Crippen LogP contribution is -2.36. The summed E-state index contributed by atoms with van der Waals surface area (Å²) in [4.78, 5) is 11.9. The molecule has 0 saturated heterocycles. The van der Waals surface area contributed by atoms with Crippen molar-refractivity contribution < 1.29 is 14.6 Å². The van der Waals surface area contributed by atoms with Gasteiger partial charge in [0.05, 0.1) is 12.7 Å². The lowest BCUT2D eigenvalue weighted by molar-refractivity contribution is -0.123. The van der Waals surface area contributed by atoms with E-state index in [1.807, 2.05) is 0 Å². The van der Waals surface area contributed by atoms with E-state index in [0.717, 1.165) is 24.4 Å². The monoisotopic (exact) mass is 281 g/mol. The molecule has 0 aromatic heterocycles. The number of amides is 1. The third-order valence-corrected chi connectivity index (χ3v) is 5.23. The molecule has 2 N–H and O–H groups in total. The van der Waals surface area contributed by atoms with Crippen molar-refractivity contribution in [2.45, 2.75) is 51.0 Å². The number of aliphatic hydroxyl groups excluding tert-OH is 1. The van der Waals surface area contributed by atoms with Crippen molar-refractivity contribution in [2.24, 2.45) is 23.7 Å². The SMILES string of the molecule is O=C(C[C@H]1C[C@H]2CC[C@H]1C2)NC[C@@H](O)COCC1CC1. The van der Waals surface area contributed by atoms with Gasteiger partial charge in [0.25, 0.3) is 0 Å². The van der Waals surface area contributed by atoms with E-state index in [1.165, 1.54) is 38.5 Å². The molecule has 114 valence electrons. The summed E-state index contributed by atoms with van der Waals surface area (Å²) in [5.74, 6) is 3.09. The largest absolute Gasteiger partial charge is 0.389 e. The maximum absolute atomic E-state index is 11.9. The highest BCUT2D eigenvalue weighted by Gasteiger charge is 2.40. The van der Waals surface area contributed by atoms with Crippen molar-refractivity contribution >= 4 is 5.91 Å². The maximum Gasteiger partial charge on any atom is 0.220 e. The Balaban J connectivity index is 1.26. The topological polar surface area (TPSA) is 58.6 Å². The molecular formula is C16H27NO3. The second-order valence-corrected chi connectivity index (χ2v) is 7.08. The van der Waals surface area contributed by atoms with Crippen LogP contribution in [-0.2, 0) is 9.53 Å². The van der Waals surface area contributed by atoms with Gasteiger partial charge >= 0.3 is 0 Å². The van der Waals surface area contributed by atoms with Gasteiger partial charge in [0.1, 0.15) is 0 Å². The Hall–Kier alpha value is -0.610. The minimum absolute atomic E-state index is 0.101. The molecule has 3 fully saturated rings. The van der Waals surface area contributed by atoms with E-state index >= 15 is 0 Å². The number of hydrogen-bond acceptors (Lipinski definition) is 3. The zero-order valence-corrected chi connectivity index (χ0v) is 12.2. The molecule has 2 bridgehead atoms. The average Bonchev–Trinajstić information content (AvgIpc) is 3.01. The summed E-state index contributed by atoms with van der Waals surface area (Å²) < 4.78 is 5.42. The van der Waals surface area contributed by atoms with Crippen LogP contribution in [0.4, 0.5) is 0 Å². The molecule has 0 unspecified atom stereocenters. The molecule has 0 aromatic rings. The van der Waals surface area contributed by atoms with E-state index in [1.54, 1.807) is 0 Å². The molecule has 4 atom stereocenters. The molecule has 4 heteroatoms. The van der Waals surface area contributed by atoms with Crippen LogP contribution in [0.2, 0.25) is 0 Å². The first-order valence-corrected chi connectivity index (χ1v) is 8.23. The summed E-state index contributed by atoms with van der Waals surface area (Å²) in [6, 6.07) is 0. The van der Waals surface area contributed by atoms with Crippen LogP contribution in [0, 0.1) is 23.7 Å². The highest BCUT2D eigenvalue weighted by Crippen LogP contribution is 2.49. The second kappa shape index (κ2) is 6.44. The molecule has 4 nitrogen and oxygen atoms in total. The van der Waals surface area contributed by atoms with Crippen molar-refractivity contribution in [1.29, 1.82) is 0 Å². The van der Waals surface area contributed by atoms with Crippen molar-refractivity contribution in [3.05, 3.63) is 0 Å². The smallest absolute Gasteiger partial charge is 0.220 e.